The molecular weight excluding hydrogens is 154 g/mol. The molecule has 3 aliphatic heterocycles. The standard InChI is InChI=1S/C9H15NO2/c11-9-7-1-6-2-8(9)5-10(12,3-6)4-7/h6-9,11H,1-5H2/t6?,7-,8+,9?,10?. The van der Waals surface area contributed by atoms with Gasteiger partial charge in [-0.1, -0.05) is 0 Å². The molecule has 4 aliphatic rings. The first-order valence-corrected chi connectivity index (χ1v) is 4.91. The van der Waals surface area contributed by atoms with E-state index in [0.717, 1.165) is 19.4 Å². The van der Waals surface area contributed by atoms with Crippen molar-refractivity contribution in [3.05, 3.63) is 5.21 Å². The Balaban J connectivity index is 1.95. The number of hydrogen-bond acceptors (Lipinski definition) is 2. The zero-order valence-corrected chi connectivity index (χ0v) is 7.15. The summed E-state index contributed by atoms with van der Waals surface area (Å²) in [7, 11) is 0. The fourth-order valence-corrected chi connectivity index (χ4v) is 3.68. The van der Waals surface area contributed by atoms with Crippen LogP contribution in [0.15, 0.2) is 0 Å². The lowest BCUT2D eigenvalue weighted by molar-refractivity contribution is -0.911. The van der Waals surface area contributed by atoms with Crippen molar-refractivity contribution < 1.29 is 9.75 Å². The van der Waals surface area contributed by atoms with Crippen LogP contribution in [0.2, 0.25) is 0 Å². The Morgan fingerprint density at radius 2 is 1.67 bits per heavy atom. The third-order valence-electron chi connectivity index (χ3n) is 3.96. The Hall–Kier alpha value is -0.120. The van der Waals surface area contributed by atoms with Gasteiger partial charge in [-0.05, 0) is 12.8 Å². The van der Waals surface area contributed by atoms with Crippen LogP contribution in [0.25, 0.3) is 0 Å². The third-order valence-corrected chi connectivity index (χ3v) is 3.96. The molecule has 3 heteroatoms. The highest BCUT2D eigenvalue weighted by atomic mass is 16.5. The maximum absolute atomic E-state index is 12.0. The second-order valence-corrected chi connectivity index (χ2v) is 4.95. The predicted molar refractivity (Wildman–Crippen MR) is 43.9 cm³/mol. The molecule has 68 valence electrons. The highest BCUT2D eigenvalue weighted by molar-refractivity contribution is 4.93. The summed E-state index contributed by atoms with van der Waals surface area (Å²) in [4.78, 5) is 0. The molecule has 0 amide bonds. The Kier molecular flexibility index (Phi) is 1.23. The van der Waals surface area contributed by atoms with Gasteiger partial charge in [0.2, 0.25) is 0 Å². The van der Waals surface area contributed by atoms with E-state index in [1.807, 2.05) is 0 Å². The zero-order valence-electron chi connectivity index (χ0n) is 7.15. The average Bonchev–Trinajstić information content (AvgIpc) is 1.96. The lowest BCUT2D eigenvalue weighted by Crippen LogP contribution is -2.67. The number of aliphatic hydroxyl groups excluding tert-OH is 1. The summed E-state index contributed by atoms with van der Waals surface area (Å²) in [6.07, 6.45) is 2.07. The predicted octanol–water partition coefficient (Wildman–Crippen LogP) is 0.331. The molecule has 3 saturated heterocycles. The number of quaternary nitrogens is 1. The van der Waals surface area contributed by atoms with Gasteiger partial charge in [-0.2, -0.15) is 0 Å². The normalized spacial score (nSPS) is 62.5. The van der Waals surface area contributed by atoms with Crippen molar-refractivity contribution in [2.45, 2.75) is 18.9 Å². The summed E-state index contributed by atoms with van der Waals surface area (Å²) in [5.74, 6) is 1.28. The van der Waals surface area contributed by atoms with Crippen molar-refractivity contribution in [1.29, 1.82) is 0 Å². The molecule has 0 spiro atoms. The highest BCUT2D eigenvalue weighted by Gasteiger charge is 2.52. The van der Waals surface area contributed by atoms with E-state index in [-0.39, 0.29) is 10.8 Å². The summed E-state index contributed by atoms with van der Waals surface area (Å²) in [5.41, 5.74) is 0. The van der Waals surface area contributed by atoms with Crippen molar-refractivity contribution in [3.63, 3.8) is 0 Å². The van der Waals surface area contributed by atoms with E-state index in [2.05, 4.69) is 0 Å². The van der Waals surface area contributed by atoms with Gasteiger partial charge in [0.05, 0.1) is 25.7 Å². The molecule has 1 aliphatic carbocycles. The van der Waals surface area contributed by atoms with Gasteiger partial charge in [0.15, 0.2) is 0 Å². The van der Waals surface area contributed by atoms with Crippen LogP contribution in [-0.4, -0.2) is 35.5 Å². The Morgan fingerprint density at radius 3 is 2.17 bits per heavy atom. The van der Waals surface area contributed by atoms with E-state index in [4.69, 9.17) is 0 Å². The van der Waals surface area contributed by atoms with Gasteiger partial charge in [0.1, 0.15) is 0 Å². The minimum atomic E-state index is -0.151. The van der Waals surface area contributed by atoms with Gasteiger partial charge >= 0.3 is 0 Å². The zero-order chi connectivity index (χ0) is 8.34. The van der Waals surface area contributed by atoms with Crippen molar-refractivity contribution in [1.82, 2.24) is 0 Å². The Bertz CT molecular complexity index is 203. The lowest BCUT2D eigenvalue weighted by Gasteiger charge is -2.61. The third kappa shape index (κ3) is 0.817. The fourth-order valence-electron chi connectivity index (χ4n) is 3.68. The molecule has 4 fully saturated rings. The number of rotatable bonds is 0. The van der Waals surface area contributed by atoms with Gasteiger partial charge < -0.3 is 15.0 Å². The minimum absolute atomic E-state index is 0.0110. The number of piperidine rings is 3. The molecule has 0 aromatic heterocycles. The largest absolute Gasteiger partial charge is 0.633 e. The van der Waals surface area contributed by atoms with Crippen molar-refractivity contribution in [2.24, 2.45) is 17.8 Å². The van der Waals surface area contributed by atoms with Crippen molar-refractivity contribution in [2.75, 3.05) is 19.6 Å². The number of aliphatic hydroxyl groups is 1. The van der Waals surface area contributed by atoms with Crippen LogP contribution < -0.4 is 0 Å². The average molecular weight is 169 g/mol. The van der Waals surface area contributed by atoms with E-state index in [0.29, 0.717) is 30.8 Å². The molecule has 3 nitrogen and oxygen atoms in total. The van der Waals surface area contributed by atoms with E-state index >= 15 is 0 Å². The summed E-state index contributed by atoms with van der Waals surface area (Å²) in [6, 6.07) is 0. The smallest absolute Gasteiger partial charge is 0.0838 e. The van der Waals surface area contributed by atoms with Gasteiger partial charge in [0.25, 0.3) is 0 Å². The van der Waals surface area contributed by atoms with Crippen LogP contribution in [0.4, 0.5) is 0 Å². The topological polar surface area (TPSA) is 43.3 Å². The van der Waals surface area contributed by atoms with Crippen molar-refractivity contribution >= 4 is 0 Å². The maximum Gasteiger partial charge on any atom is 0.0838 e. The van der Waals surface area contributed by atoms with E-state index in [1.54, 1.807) is 0 Å². The van der Waals surface area contributed by atoms with Gasteiger partial charge in [-0.25, -0.2) is 0 Å². The second-order valence-electron chi connectivity index (χ2n) is 4.95. The first kappa shape index (κ1) is 7.30. The maximum atomic E-state index is 12.0. The molecule has 1 saturated carbocycles. The molecule has 0 aromatic rings. The molecule has 3 unspecified atom stereocenters. The van der Waals surface area contributed by atoms with Crippen LogP contribution in [0.3, 0.4) is 0 Å². The monoisotopic (exact) mass is 169 g/mol. The van der Waals surface area contributed by atoms with E-state index in [1.165, 1.54) is 0 Å². The molecule has 4 rings (SSSR count). The van der Waals surface area contributed by atoms with Crippen LogP contribution in [-0.2, 0) is 0 Å². The minimum Gasteiger partial charge on any atom is -0.633 e. The van der Waals surface area contributed by atoms with Crippen LogP contribution >= 0.6 is 0 Å². The van der Waals surface area contributed by atoms with Crippen LogP contribution in [0.1, 0.15) is 12.8 Å². The summed E-state index contributed by atoms with van der Waals surface area (Å²) in [5, 5.41) is 21.8. The molecule has 3 heterocycles. The highest BCUT2D eigenvalue weighted by Crippen LogP contribution is 2.46. The van der Waals surface area contributed by atoms with Gasteiger partial charge in [0, 0.05) is 17.8 Å². The molecule has 5 atom stereocenters. The lowest BCUT2D eigenvalue weighted by atomic mass is 9.66. The van der Waals surface area contributed by atoms with E-state index in [9.17, 15) is 10.3 Å². The number of hydroxylamine groups is 3. The molecule has 12 heavy (non-hydrogen) atoms. The molecule has 0 radical (unpaired) electrons. The molecule has 0 aromatic carbocycles. The van der Waals surface area contributed by atoms with Crippen molar-refractivity contribution in [3.8, 4) is 0 Å². The summed E-state index contributed by atoms with van der Waals surface area (Å²) >= 11 is 0. The molecular formula is C9H15NO2. The molecule has 4 bridgehead atoms. The first-order chi connectivity index (χ1) is 5.66. The Labute approximate surface area is 72.2 Å². The van der Waals surface area contributed by atoms with E-state index < -0.39 is 0 Å². The van der Waals surface area contributed by atoms with Gasteiger partial charge in [-0.3, -0.25) is 0 Å². The summed E-state index contributed by atoms with van der Waals surface area (Å²) in [6.45, 7) is 2.21. The number of hydrogen-bond donors (Lipinski definition) is 1. The molecule has 1 N–H and O–H groups in total. The van der Waals surface area contributed by atoms with Gasteiger partial charge in [-0.15, -0.1) is 0 Å². The first-order valence-electron chi connectivity index (χ1n) is 4.91. The summed E-state index contributed by atoms with van der Waals surface area (Å²) < 4.78 is 0.0110. The van der Waals surface area contributed by atoms with Crippen LogP contribution in [0.5, 0.6) is 0 Å². The Morgan fingerprint density at radius 1 is 1.08 bits per heavy atom. The SMILES string of the molecule is [O-][N+]12CC3C[C@H](C1)C(O)[C@@H](C3)C2. The fraction of sp³-hybridized carbons (Fsp3) is 1.00. The second kappa shape index (κ2) is 2.03. The quantitative estimate of drug-likeness (QED) is 0.419. The number of nitrogens with zero attached hydrogens (tertiary/aromatic N) is 1. The van der Waals surface area contributed by atoms with Crippen LogP contribution in [0, 0.1) is 23.0 Å².